The second-order valence-corrected chi connectivity index (χ2v) is 3.93. The average molecular weight is 248 g/mol. The van der Waals surface area contributed by atoms with E-state index in [0.29, 0.717) is 5.56 Å². The molecule has 1 aromatic heterocycles. The summed E-state index contributed by atoms with van der Waals surface area (Å²) >= 11 is 0. The minimum Gasteiger partial charge on any atom is -0.290 e. The number of Topliss-reactive ketones (excluding diaryl/α,β-unsaturated/α-hetero) is 1. The van der Waals surface area contributed by atoms with E-state index in [1.165, 1.54) is 18.5 Å². The van der Waals surface area contributed by atoms with Gasteiger partial charge in [-0.3, -0.25) is 4.79 Å². The second kappa shape index (κ2) is 5.00. The number of carbonyl (C=O) groups excluding carboxylic acids is 1. The van der Waals surface area contributed by atoms with Crippen LogP contribution in [0.15, 0.2) is 30.6 Å². The van der Waals surface area contributed by atoms with Crippen LogP contribution in [0.25, 0.3) is 0 Å². The topological polar surface area (TPSA) is 42.9 Å². The van der Waals surface area contributed by atoms with Crippen molar-refractivity contribution in [3.05, 3.63) is 59.2 Å². The van der Waals surface area contributed by atoms with Crippen LogP contribution in [0.3, 0.4) is 0 Å². The normalized spacial score (nSPS) is 10.4. The van der Waals surface area contributed by atoms with Gasteiger partial charge in [-0.1, -0.05) is 6.07 Å². The first-order valence-corrected chi connectivity index (χ1v) is 5.32. The zero-order valence-corrected chi connectivity index (χ0v) is 9.65. The predicted molar refractivity (Wildman–Crippen MR) is 61.2 cm³/mol. The molecule has 3 nitrogen and oxygen atoms in total. The Morgan fingerprint density at radius 3 is 2.44 bits per heavy atom. The number of aromatic nitrogens is 2. The number of carbonyl (C=O) groups is 1. The third-order valence-electron chi connectivity index (χ3n) is 2.38. The molecular formula is C13H10F2N2O. The molecule has 1 aromatic carbocycles. The van der Waals surface area contributed by atoms with E-state index >= 15 is 0 Å². The highest BCUT2D eigenvalue weighted by Gasteiger charge is 2.11. The number of halogens is 2. The van der Waals surface area contributed by atoms with Gasteiger partial charge in [0, 0.05) is 18.8 Å². The van der Waals surface area contributed by atoms with Gasteiger partial charge in [0.05, 0.1) is 0 Å². The lowest BCUT2D eigenvalue weighted by atomic mass is 10.1. The minimum absolute atomic E-state index is 0.0553. The molecule has 2 rings (SSSR count). The Labute approximate surface area is 103 Å². The molecule has 0 bridgehead atoms. The first kappa shape index (κ1) is 12.3. The number of benzene rings is 1. The molecule has 0 aliphatic carbocycles. The van der Waals surface area contributed by atoms with E-state index in [-0.39, 0.29) is 18.0 Å². The molecule has 5 heteroatoms. The zero-order chi connectivity index (χ0) is 13.1. The summed E-state index contributed by atoms with van der Waals surface area (Å²) in [6.45, 7) is 1.81. The third-order valence-corrected chi connectivity index (χ3v) is 2.38. The van der Waals surface area contributed by atoms with Crippen molar-refractivity contribution in [2.75, 3.05) is 0 Å². The minimum atomic E-state index is -0.967. The summed E-state index contributed by atoms with van der Waals surface area (Å²) in [6.07, 6.45) is 3.01. The van der Waals surface area contributed by atoms with Crippen LogP contribution in [-0.4, -0.2) is 15.8 Å². The maximum atomic E-state index is 13.0. The largest absolute Gasteiger partial charge is 0.290 e. The molecule has 0 aliphatic rings. The lowest BCUT2D eigenvalue weighted by Crippen LogP contribution is -2.09. The Bertz CT molecular complexity index is 582. The summed E-state index contributed by atoms with van der Waals surface area (Å²) in [4.78, 5) is 19.6. The molecule has 0 saturated heterocycles. The molecule has 0 radical (unpaired) electrons. The van der Waals surface area contributed by atoms with Crippen LogP contribution in [-0.2, 0) is 6.42 Å². The molecule has 0 spiro atoms. The Morgan fingerprint density at radius 2 is 1.83 bits per heavy atom. The molecule has 0 aliphatic heterocycles. The maximum absolute atomic E-state index is 13.0. The summed E-state index contributed by atoms with van der Waals surface area (Å²) in [5.41, 5.74) is 1.24. The highest BCUT2D eigenvalue weighted by atomic mass is 19.2. The Kier molecular flexibility index (Phi) is 3.41. The van der Waals surface area contributed by atoms with E-state index in [1.54, 1.807) is 0 Å². The van der Waals surface area contributed by atoms with Gasteiger partial charge >= 0.3 is 0 Å². The molecule has 0 N–H and O–H groups in total. The van der Waals surface area contributed by atoms with Gasteiger partial charge in [0.15, 0.2) is 17.5 Å². The van der Waals surface area contributed by atoms with Crippen LogP contribution in [0.1, 0.15) is 21.7 Å². The van der Waals surface area contributed by atoms with Crippen molar-refractivity contribution in [2.45, 2.75) is 13.3 Å². The van der Waals surface area contributed by atoms with Crippen LogP contribution in [0.4, 0.5) is 8.78 Å². The van der Waals surface area contributed by atoms with Crippen LogP contribution in [0.5, 0.6) is 0 Å². The summed E-state index contributed by atoms with van der Waals surface area (Å²) in [5.74, 6) is -2.16. The number of hydrogen-bond donors (Lipinski definition) is 0. The number of aryl methyl sites for hydroxylation is 1. The number of ketones is 1. The lowest BCUT2D eigenvalue weighted by molar-refractivity contribution is 0.0983. The molecule has 92 valence electrons. The van der Waals surface area contributed by atoms with E-state index in [1.807, 2.05) is 6.92 Å². The Hall–Kier alpha value is -2.17. The van der Waals surface area contributed by atoms with E-state index in [0.717, 1.165) is 17.7 Å². The van der Waals surface area contributed by atoms with Gasteiger partial charge < -0.3 is 0 Å². The molecule has 18 heavy (non-hydrogen) atoms. The molecular weight excluding hydrogens is 238 g/mol. The monoisotopic (exact) mass is 248 g/mol. The first-order valence-electron chi connectivity index (χ1n) is 5.32. The molecule has 2 aromatic rings. The van der Waals surface area contributed by atoms with E-state index in [4.69, 9.17) is 0 Å². The average Bonchev–Trinajstić information content (AvgIpc) is 2.34. The molecule has 1 heterocycles. The van der Waals surface area contributed by atoms with Gasteiger partial charge in [-0.25, -0.2) is 18.7 Å². The van der Waals surface area contributed by atoms with Gasteiger partial charge in [0.1, 0.15) is 0 Å². The van der Waals surface area contributed by atoms with Gasteiger partial charge in [-0.2, -0.15) is 0 Å². The Morgan fingerprint density at radius 1 is 1.17 bits per heavy atom. The molecule has 0 saturated carbocycles. The first-order chi connectivity index (χ1) is 8.56. The van der Waals surface area contributed by atoms with E-state index < -0.39 is 11.6 Å². The molecule has 0 amide bonds. The summed E-state index contributed by atoms with van der Waals surface area (Å²) < 4.78 is 25.7. The summed E-state index contributed by atoms with van der Waals surface area (Å²) in [5, 5.41) is 0. The molecule has 0 fully saturated rings. The van der Waals surface area contributed by atoms with Crippen molar-refractivity contribution >= 4 is 5.78 Å². The maximum Gasteiger partial charge on any atom is 0.204 e. The van der Waals surface area contributed by atoms with Crippen molar-refractivity contribution < 1.29 is 13.6 Å². The zero-order valence-electron chi connectivity index (χ0n) is 9.65. The van der Waals surface area contributed by atoms with Crippen LogP contribution in [0, 0.1) is 18.6 Å². The fourth-order valence-corrected chi connectivity index (χ4v) is 1.45. The number of rotatable bonds is 3. The molecule has 0 unspecified atom stereocenters. The standard InChI is InChI=1S/C13H10F2N2O/c1-8-6-16-13(17-7-8)12(18)5-9-2-3-10(14)11(15)4-9/h2-4,6-7H,5H2,1H3. The number of nitrogens with zero attached hydrogens (tertiary/aromatic N) is 2. The van der Waals surface area contributed by atoms with Crippen LogP contribution < -0.4 is 0 Å². The van der Waals surface area contributed by atoms with Gasteiger partial charge in [-0.15, -0.1) is 0 Å². The van der Waals surface area contributed by atoms with Crippen molar-refractivity contribution in [2.24, 2.45) is 0 Å². The van der Waals surface area contributed by atoms with Crippen molar-refractivity contribution in [3.8, 4) is 0 Å². The summed E-state index contributed by atoms with van der Waals surface area (Å²) in [7, 11) is 0. The second-order valence-electron chi connectivity index (χ2n) is 3.93. The summed E-state index contributed by atoms with van der Waals surface area (Å²) in [6, 6.07) is 3.36. The highest BCUT2D eigenvalue weighted by Crippen LogP contribution is 2.10. The predicted octanol–water partition coefficient (Wildman–Crippen LogP) is 2.49. The number of hydrogen-bond acceptors (Lipinski definition) is 3. The smallest absolute Gasteiger partial charge is 0.204 e. The van der Waals surface area contributed by atoms with Gasteiger partial charge in [0.25, 0.3) is 0 Å². The fourth-order valence-electron chi connectivity index (χ4n) is 1.45. The van der Waals surface area contributed by atoms with Crippen molar-refractivity contribution in [1.82, 2.24) is 9.97 Å². The van der Waals surface area contributed by atoms with Crippen molar-refractivity contribution in [3.63, 3.8) is 0 Å². The van der Waals surface area contributed by atoms with Crippen LogP contribution in [0.2, 0.25) is 0 Å². The van der Waals surface area contributed by atoms with Crippen LogP contribution >= 0.6 is 0 Å². The van der Waals surface area contributed by atoms with Crippen molar-refractivity contribution in [1.29, 1.82) is 0 Å². The Balaban J connectivity index is 2.16. The van der Waals surface area contributed by atoms with E-state index in [2.05, 4.69) is 9.97 Å². The quantitative estimate of drug-likeness (QED) is 0.784. The fraction of sp³-hybridized carbons (Fsp3) is 0.154. The van der Waals surface area contributed by atoms with Gasteiger partial charge in [0.2, 0.25) is 5.78 Å². The highest BCUT2D eigenvalue weighted by molar-refractivity contribution is 5.93. The SMILES string of the molecule is Cc1cnc(C(=O)Cc2ccc(F)c(F)c2)nc1. The third kappa shape index (κ3) is 2.74. The molecule has 0 atom stereocenters. The lowest BCUT2D eigenvalue weighted by Gasteiger charge is -2.01. The van der Waals surface area contributed by atoms with Gasteiger partial charge in [-0.05, 0) is 30.2 Å². The van der Waals surface area contributed by atoms with E-state index in [9.17, 15) is 13.6 Å².